The Morgan fingerprint density at radius 3 is 2.11 bits per heavy atom. The number of nitrogens with zero attached hydrogens (tertiary/aromatic N) is 6. The molecule has 3 aliphatic heterocycles. The van der Waals surface area contributed by atoms with E-state index in [1.165, 1.54) is 17.0 Å². The molecule has 1 atom stereocenters. The molecule has 3 aliphatic rings. The summed E-state index contributed by atoms with van der Waals surface area (Å²) in [5, 5.41) is 6.99. The quantitative estimate of drug-likeness (QED) is 0.0503. The van der Waals surface area contributed by atoms with E-state index in [0.717, 1.165) is 161 Å². The summed E-state index contributed by atoms with van der Waals surface area (Å²) in [6.07, 6.45) is 1.82. The van der Waals surface area contributed by atoms with Gasteiger partial charge in [-0.1, -0.05) is 30.3 Å². The summed E-state index contributed by atoms with van der Waals surface area (Å²) in [7, 11) is 0.277. The maximum Gasteiger partial charge on any atom is 0.261 e. The van der Waals surface area contributed by atoms with Crippen molar-refractivity contribution < 1.29 is 22.3 Å². The van der Waals surface area contributed by atoms with Crippen LogP contribution in [0.5, 0.6) is 0 Å². The van der Waals surface area contributed by atoms with Gasteiger partial charge < -0.3 is 39.5 Å². The summed E-state index contributed by atoms with van der Waals surface area (Å²) in [5.41, 5.74) is 9.32. The number of likely N-dealkylation sites (N-methyl/N-ethyl adjacent to an activating group) is 1. The number of amides is 1. The van der Waals surface area contributed by atoms with E-state index in [0.29, 0.717) is 17.8 Å². The number of hydrogen-bond donors (Lipinski definition) is 3. The number of aryl methyl sites for hydroxylation is 1. The van der Waals surface area contributed by atoms with E-state index in [-0.39, 0.29) is 22.7 Å². The van der Waals surface area contributed by atoms with Crippen LogP contribution in [0.1, 0.15) is 34.5 Å². The molecule has 3 N–H and O–H groups in total. The number of ether oxygens (including phenoxy) is 1. The second-order valence-corrected chi connectivity index (χ2v) is 22.6. The van der Waals surface area contributed by atoms with Crippen molar-refractivity contribution in [1.29, 1.82) is 0 Å². The van der Waals surface area contributed by atoms with Gasteiger partial charge in [0.15, 0.2) is 0 Å². The van der Waals surface area contributed by atoms with Crippen molar-refractivity contribution in [3.63, 3.8) is 0 Å². The lowest BCUT2D eigenvalue weighted by atomic mass is 9.95. The summed E-state index contributed by atoms with van der Waals surface area (Å²) < 4.78 is 52.2. The number of benzene rings is 5. The van der Waals surface area contributed by atoms with Gasteiger partial charge in [0.05, 0.1) is 29.4 Å². The van der Waals surface area contributed by atoms with Crippen LogP contribution in [-0.2, 0) is 21.8 Å². The zero-order valence-electron chi connectivity index (χ0n) is 43.4. The first-order chi connectivity index (χ1) is 35.9. The van der Waals surface area contributed by atoms with Gasteiger partial charge in [-0.2, -0.15) is 0 Å². The molecule has 3 fully saturated rings. The van der Waals surface area contributed by atoms with Crippen molar-refractivity contribution in [2.24, 2.45) is 7.05 Å². The normalized spacial score (nSPS) is 16.6. The van der Waals surface area contributed by atoms with Gasteiger partial charge in [-0.25, -0.2) is 12.8 Å². The second-order valence-electron chi connectivity index (χ2n) is 19.9. The summed E-state index contributed by atoms with van der Waals surface area (Å²) in [4.78, 5) is 27.6. The molecule has 0 unspecified atom stereocenters. The van der Waals surface area contributed by atoms with E-state index < -0.39 is 10.0 Å². The fourth-order valence-corrected chi connectivity index (χ4v) is 12.4. The number of carbonyl (C=O) groups is 1. The van der Waals surface area contributed by atoms with Crippen molar-refractivity contribution >= 4 is 50.4 Å². The van der Waals surface area contributed by atoms with Crippen LogP contribution in [0, 0.1) is 19.7 Å². The van der Waals surface area contributed by atoms with E-state index in [4.69, 9.17) is 4.74 Å². The van der Waals surface area contributed by atoms with Crippen LogP contribution < -0.4 is 25.2 Å². The summed E-state index contributed by atoms with van der Waals surface area (Å²) >= 11 is 1.83. The highest BCUT2D eigenvalue weighted by molar-refractivity contribution is 7.99. The summed E-state index contributed by atoms with van der Waals surface area (Å²) in [6.45, 7) is 17.1. The molecule has 6 aromatic rings. The number of sulfonamides is 1. The number of aromatic nitrogens is 1. The Bertz CT molecular complexity index is 2920. The van der Waals surface area contributed by atoms with Crippen LogP contribution in [0.2, 0.25) is 0 Å². The van der Waals surface area contributed by atoms with Gasteiger partial charge in [0, 0.05) is 136 Å². The lowest BCUT2D eigenvalue weighted by molar-refractivity contribution is 0.0370. The number of hydrogen-bond acceptors (Lipinski definition) is 11. The smallest absolute Gasteiger partial charge is 0.261 e. The Labute approximate surface area is 442 Å². The summed E-state index contributed by atoms with van der Waals surface area (Å²) in [6, 6.07) is 38.5. The number of halogens is 1. The van der Waals surface area contributed by atoms with E-state index >= 15 is 0 Å². The average Bonchev–Trinajstić information content (AvgIpc) is 3.69. The average molecular weight is 1040 g/mol. The second kappa shape index (κ2) is 24.6. The third kappa shape index (κ3) is 13.3. The molecular weight excluding hydrogens is 970 g/mol. The molecule has 74 heavy (non-hydrogen) atoms. The Kier molecular flexibility index (Phi) is 17.6. The predicted octanol–water partition coefficient (Wildman–Crippen LogP) is 8.90. The number of carbonyl (C=O) groups excluding carboxylic acids is 1. The largest absolute Gasteiger partial charge is 0.381 e. The van der Waals surface area contributed by atoms with Crippen LogP contribution in [0.4, 0.5) is 27.1 Å². The van der Waals surface area contributed by atoms with Gasteiger partial charge in [-0.15, -0.1) is 11.8 Å². The molecular formula is C58H72FN9O4S2. The molecule has 0 spiro atoms. The Morgan fingerprint density at radius 2 is 1.41 bits per heavy atom. The minimum atomic E-state index is -3.85. The van der Waals surface area contributed by atoms with E-state index in [1.807, 2.05) is 69.1 Å². The number of thioether (sulfide) groups is 1. The monoisotopic (exact) mass is 1040 g/mol. The lowest BCUT2D eigenvalue weighted by Crippen LogP contribution is -2.46. The standard InChI is InChI=1S/C58H72FN9O4S2/c1-43-40-53(22-23-54(43)61-49(24-27-66-36-38-72-39-37-66)42-73-52-12-6-5-7-13-52)74(70,71)62-48-18-20-50(21-19-48)67-32-34-68(35-33-67)51-11-8-10-46(41-51)56-55(44(2)64(4)57(56)45-14-16-47(59)17-15-45)58(69)60-25-9-26-65-30-28-63(3)29-31-65/h5-8,10-23,40-41,49,61-62H,9,24-39,42H2,1-4H3,(H,60,69)/t49-/m1/s1. The highest BCUT2D eigenvalue weighted by Crippen LogP contribution is 2.40. The first kappa shape index (κ1) is 53.0. The highest BCUT2D eigenvalue weighted by Gasteiger charge is 2.28. The van der Waals surface area contributed by atoms with Crippen molar-refractivity contribution in [2.45, 2.75) is 42.5 Å². The van der Waals surface area contributed by atoms with Gasteiger partial charge in [0.1, 0.15) is 5.82 Å². The minimum Gasteiger partial charge on any atom is -0.381 e. The van der Waals surface area contributed by atoms with Crippen molar-refractivity contribution in [3.8, 4) is 22.4 Å². The number of piperazine rings is 2. The van der Waals surface area contributed by atoms with Crippen molar-refractivity contribution in [3.05, 3.63) is 144 Å². The lowest BCUT2D eigenvalue weighted by Gasteiger charge is -2.37. The topological polar surface area (TPSA) is 118 Å². The molecule has 1 amide bonds. The van der Waals surface area contributed by atoms with Gasteiger partial charge in [0.2, 0.25) is 0 Å². The van der Waals surface area contributed by atoms with Gasteiger partial charge >= 0.3 is 0 Å². The van der Waals surface area contributed by atoms with Crippen LogP contribution in [0.15, 0.2) is 131 Å². The van der Waals surface area contributed by atoms with E-state index in [9.17, 15) is 17.6 Å². The number of anilines is 4. The SMILES string of the molecule is Cc1cc(S(=O)(=O)Nc2ccc(N3CCN(c4cccc(-c5c(C(=O)NCCCN6CCN(C)CC6)c(C)n(C)c5-c5ccc(F)cc5)c4)CC3)cc2)ccc1N[C@H](CCN1CCOCC1)CSc1ccccc1. The molecule has 9 rings (SSSR count). The van der Waals surface area contributed by atoms with Crippen molar-refractivity contribution in [1.82, 2.24) is 24.6 Å². The maximum absolute atomic E-state index is 14.2. The van der Waals surface area contributed by atoms with Crippen molar-refractivity contribution in [2.75, 3.05) is 131 Å². The zero-order chi connectivity index (χ0) is 51.6. The third-order valence-electron chi connectivity index (χ3n) is 14.8. The van der Waals surface area contributed by atoms with Crippen LogP contribution in [-0.4, -0.2) is 151 Å². The molecule has 392 valence electrons. The fourth-order valence-electron chi connectivity index (χ4n) is 10.3. The Balaban J connectivity index is 0.828. The minimum absolute atomic E-state index is 0.108. The first-order valence-electron chi connectivity index (χ1n) is 26.1. The van der Waals surface area contributed by atoms with Crippen LogP contribution in [0.25, 0.3) is 22.4 Å². The van der Waals surface area contributed by atoms with Crippen LogP contribution >= 0.6 is 11.8 Å². The van der Waals surface area contributed by atoms with E-state index in [2.05, 4.69) is 100 Å². The number of nitrogens with one attached hydrogen (secondary N) is 3. The molecule has 4 heterocycles. The molecule has 16 heteroatoms. The Hall–Kier alpha value is -5.88. The zero-order valence-corrected chi connectivity index (χ0v) is 45.0. The van der Waals surface area contributed by atoms with Gasteiger partial charge in [-0.05, 0) is 148 Å². The molecule has 5 aromatic carbocycles. The maximum atomic E-state index is 14.2. The third-order valence-corrected chi connectivity index (χ3v) is 17.3. The first-order valence-corrected chi connectivity index (χ1v) is 28.6. The number of morpholine rings is 1. The molecule has 0 saturated carbocycles. The fraction of sp³-hybridized carbons (Fsp3) is 0.397. The molecule has 13 nitrogen and oxygen atoms in total. The van der Waals surface area contributed by atoms with Gasteiger partial charge in [0.25, 0.3) is 15.9 Å². The molecule has 3 saturated heterocycles. The van der Waals surface area contributed by atoms with Crippen LogP contribution in [0.3, 0.4) is 0 Å². The molecule has 0 radical (unpaired) electrons. The Morgan fingerprint density at radius 1 is 0.716 bits per heavy atom. The predicted molar refractivity (Wildman–Crippen MR) is 301 cm³/mol. The number of rotatable bonds is 20. The van der Waals surface area contributed by atoms with E-state index in [1.54, 1.807) is 24.3 Å². The van der Waals surface area contributed by atoms with Gasteiger partial charge in [-0.3, -0.25) is 14.4 Å². The molecule has 0 bridgehead atoms. The molecule has 1 aromatic heterocycles. The molecule has 0 aliphatic carbocycles. The highest BCUT2D eigenvalue weighted by atomic mass is 32.2. The summed E-state index contributed by atoms with van der Waals surface area (Å²) in [5.74, 6) is 0.464.